The molecule has 0 unspecified atom stereocenters. The van der Waals surface area contributed by atoms with E-state index in [0.29, 0.717) is 12.0 Å². The molecule has 0 aliphatic heterocycles. The molecule has 0 saturated carbocycles. The Morgan fingerprint density at radius 2 is 1.67 bits per heavy atom. The number of phenols is 1. The SMILES string of the molecule is N#Cc1ccc(S(=O)(=O)NCCc2ccc(O)cc2)cc1. The maximum Gasteiger partial charge on any atom is 0.240 e. The van der Waals surface area contributed by atoms with Crippen LogP contribution >= 0.6 is 0 Å². The molecule has 2 rings (SSSR count). The Morgan fingerprint density at radius 1 is 1.05 bits per heavy atom. The maximum atomic E-state index is 12.0. The fourth-order valence-electron chi connectivity index (χ4n) is 1.78. The van der Waals surface area contributed by atoms with Crippen LogP contribution in [0.3, 0.4) is 0 Å². The third kappa shape index (κ3) is 4.05. The highest BCUT2D eigenvalue weighted by molar-refractivity contribution is 7.89. The van der Waals surface area contributed by atoms with Gasteiger partial charge in [-0.15, -0.1) is 0 Å². The van der Waals surface area contributed by atoms with Gasteiger partial charge in [0.2, 0.25) is 10.0 Å². The molecule has 0 spiro atoms. The third-order valence-corrected chi connectivity index (χ3v) is 4.41. The van der Waals surface area contributed by atoms with Gasteiger partial charge in [-0.1, -0.05) is 12.1 Å². The fourth-order valence-corrected chi connectivity index (χ4v) is 2.82. The first-order valence-electron chi connectivity index (χ1n) is 6.29. The van der Waals surface area contributed by atoms with Crippen molar-refractivity contribution in [2.24, 2.45) is 0 Å². The van der Waals surface area contributed by atoms with Crippen LogP contribution in [-0.4, -0.2) is 20.1 Å². The van der Waals surface area contributed by atoms with Gasteiger partial charge in [0.05, 0.1) is 16.5 Å². The van der Waals surface area contributed by atoms with Crippen molar-refractivity contribution in [3.63, 3.8) is 0 Å². The molecule has 0 saturated heterocycles. The molecule has 108 valence electrons. The van der Waals surface area contributed by atoms with E-state index in [0.717, 1.165) is 5.56 Å². The molecule has 2 aromatic rings. The van der Waals surface area contributed by atoms with Gasteiger partial charge >= 0.3 is 0 Å². The lowest BCUT2D eigenvalue weighted by molar-refractivity contribution is 0.475. The van der Waals surface area contributed by atoms with E-state index in [9.17, 15) is 8.42 Å². The number of nitriles is 1. The molecule has 0 aliphatic carbocycles. The van der Waals surface area contributed by atoms with Crippen molar-refractivity contribution < 1.29 is 13.5 Å². The molecule has 0 heterocycles. The summed E-state index contributed by atoms with van der Waals surface area (Å²) in [5.74, 6) is 0.178. The van der Waals surface area contributed by atoms with Gasteiger partial charge in [0, 0.05) is 6.54 Å². The topological polar surface area (TPSA) is 90.2 Å². The van der Waals surface area contributed by atoms with Crippen LogP contribution in [0.15, 0.2) is 53.4 Å². The monoisotopic (exact) mass is 302 g/mol. The molecule has 21 heavy (non-hydrogen) atoms. The van der Waals surface area contributed by atoms with E-state index >= 15 is 0 Å². The van der Waals surface area contributed by atoms with E-state index in [2.05, 4.69) is 4.72 Å². The molecular formula is C15H14N2O3S. The molecule has 2 aromatic carbocycles. The van der Waals surface area contributed by atoms with Gasteiger partial charge in [-0.2, -0.15) is 5.26 Å². The Bertz CT molecular complexity index is 745. The van der Waals surface area contributed by atoms with Crippen molar-refractivity contribution in [2.75, 3.05) is 6.54 Å². The van der Waals surface area contributed by atoms with Crippen molar-refractivity contribution in [3.8, 4) is 11.8 Å². The van der Waals surface area contributed by atoms with Gasteiger partial charge in [0.1, 0.15) is 5.75 Å². The summed E-state index contributed by atoms with van der Waals surface area (Å²) in [5.41, 5.74) is 1.34. The van der Waals surface area contributed by atoms with E-state index in [1.54, 1.807) is 24.3 Å². The number of aromatic hydroxyl groups is 1. The second kappa shape index (κ2) is 6.39. The molecular weight excluding hydrogens is 288 g/mol. The largest absolute Gasteiger partial charge is 0.508 e. The van der Waals surface area contributed by atoms with Crippen molar-refractivity contribution in [2.45, 2.75) is 11.3 Å². The molecule has 5 nitrogen and oxygen atoms in total. The van der Waals surface area contributed by atoms with Crippen LogP contribution in [0.5, 0.6) is 5.75 Å². The van der Waals surface area contributed by atoms with Crippen molar-refractivity contribution in [3.05, 3.63) is 59.7 Å². The van der Waals surface area contributed by atoms with E-state index in [-0.39, 0.29) is 17.2 Å². The van der Waals surface area contributed by atoms with Gasteiger partial charge in [0.25, 0.3) is 0 Å². The Morgan fingerprint density at radius 3 is 2.24 bits per heavy atom. The van der Waals surface area contributed by atoms with E-state index in [1.165, 1.54) is 24.3 Å². The number of hydrogen-bond donors (Lipinski definition) is 2. The molecule has 0 aromatic heterocycles. The lowest BCUT2D eigenvalue weighted by Crippen LogP contribution is -2.25. The molecule has 0 radical (unpaired) electrons. The van der Waals surface area contributed by atoms with Crippen molar-refractivity contribution in [1.82, 2.24) is 4.72 Å². The average molecular weight is 302 g/mol. The summed E-state index contributed by atoms with van der Waals surface area (Å²) in [5, 5.41) is 17.9. The quantitative estimate of drug-likeness (QED) is 0.881. The fraction of sp³-hybridized carbons (Fsp3) is 0.133. The summed E-state index contributed by atoms with van der Waals surface area (Å²) < 4.78 is 26.6. The van der Waals surface area contributed by atoms with Gasteiger partial charge in [0.15, 0.2) is 0 Å². The van der Waals surface area contributed by atoms with E-state index < -0.39 is 10.0 Å². The minimum absolute atomic E-state index is 0.132. The zero-order valence-corrected chi connectivity index (χ0v) is 12.0. The van der Waals surface area contributed by atoms with Crippen molar-refractivity contribution in [1.29, 1.82) is 5.26 Å². The molecule has 6 heteroatoms. The second-order valence-corrected chi connectivity index (χ2v) is 6.22. The Balaban J connectivity index is 1.97. The summed E-state index contributed by atoms with van der Waals surface area (Å²) >= 11 is 0. The number of nitrogens with one attached hydrogen (secondary N) is 1. The maximum absolute atomic E-state index is 12.0. The van der Waals surface area contributed by atoms with Gasteiger partial charge in [-0.3, -0.25) is 0 Å². The lowest BCUT2D eigenvalue weighted by atomic mass is 10.1. The zero-order chi connectivity index (χ0) is 15.3. The number of sulfonamides is 1. The van der Waals surface area contributed by atoms with Crippen molar-refractivity contribution >= 4 is 10.0 Å². The molecule has 0 atom stereocenters. The first-order chi connectivity index (χ1) is 10.0. The highest BCUT2D eigenvalue weighted by Gasteiger charge is 2.12. The normalized spacial score (nSPS) is 11.0. The van der Waals surface area contributed by atoms with E-state index in [4.69, 9.17) is 10.4 Å². The number of benzene rings is 2. The van der Waals surface area contributed by atoms with E-state index in [1.807, 2.05) is 6.07 Å². The minimum atomic E-state index is -3.57. The molecule has 0 bridgehead atoms. The lowest BCUT2D eigenvalue weighted by Gasteiger charge is -2.07. The van der Waals surface area contributed by atoms with Gasteiger partial charge in [-0.25, -0.2) is 13.1 Å². The Kier molecular flexibility index (Phi) is 4.58. The summed E-state index contributed by atoms with van der Waals surface area (Å²) in [6.07, 6.45) is 0.524. The van der Waals surface area contributed by atoms with Crippen LogP contribution in [-0.2, 0) is 16.4 Å². The number of hydrogen-bond acceptors (Lipinski definition) is 4. The highest BCUT2D eigenvalue weighted by Crippen LogP contribution is 2.11. The van der Waals surface area contributed by atoms with Crippen LogP contribution in [0.2, 0.25) is 0 Å². The van der Waals surface area contributed by atoms with Crippen LogP contribution < -0.4 is 4.72 Å². The Labute approximate surface area is 123 Å². The van der Waals surface area contributed by atoms with Crippen LogP contribution in [0, 0.1) is 11.3 Å². The summed E-state index contributed by atoms with van der Waals surface area (Å²) in [4.78, 5) is 0.132. The molecule has 0 amide bonds. The summed E-state index contributed by atoms with van der Waals surface area (Å²) in [7, 11) is -3.57. The predicted octanol–water partition coefficient (Wildman–Crippen LogP) is 1.78. The van der Waals surface area contributed by atoms with Crippen LogP contribution in [0.4, 0.5) is 0 Å². The first-order valence-corrected chi connectivity index (χ1v) is 7.77. The Hall–Kier alpha value is -2.36. The number of rotatable bonds is 5. The van der Waals surface area contributed by atoms with Crippen LogP contribution in [0.1, 0.15) is 11.1 Å². The second-order valence-electron chi connectivity index (χ2n) is 4.45. The predicted molar refractivity (Wildman–Crippen MR) is 78.2 cm³/mol. The zero-order valence-electron chi connectivity index (χ0n) is 11.2. The number of phenolic OH excluding ortho intramolecular Hbond substituents is 1. The van der Waals surface area contributed by atoms with Crippen LogP contribution in [0.25, 0.3) is 0 Å². The minimum Gasteiger partial charge on any atom is -0.508 e. The summed E-state index contributed by atoms with van der Waals surface area (Å²) in [6, 6.07) is 14.3. The molecule has 2 N–H and O–H groups in total. The average Bonchev–Trinajstić information content (AvgIpc) is 2.49. The first kappa shape index (κ1) is 15.0. The number of nitrogens with zero attached hydrogens (tertiary/aromatic N) is 1. The van der Waals surface area contributed by atoms with Gasteiger partial charge < -0.3 is 5.11 Å². The smallest absolute Gasteiger partial charge is 0.240 e. The summed E-state index contributed by atoms with van der Waals surface area (Å²) in [6.45, 7) is 0.257. The molecule has 0 aliphatic rings. The standard InChI is InChI=1S/C15H14N2O3S/c16-11-13-3-7-15(8-4-13)21(19,20)17-10-9-12-1-5-14(18)6-2-12/h1-8,17-18H,9-10H2. The molecule has 0 fully saturated rings. The third-order valence-electron chi connectivity index (χ3n) is 2.94. The highest BCUT2D eigenvalue weighted by atomic mass is 32.2. The van der Waals surface area contributed by atoms with Gasteiger partial charge in [-0.05, 0) is 48.4 Å².